The smallest absolute Gasteiger partial charge is 0.303 e. The second-order valence-electron chi connectivity index (χ2n) is 5.58. The highest BCUT2D eigenvalue weighted by atomic mass is 16.6. The average Bonchev–Trinajstić information content (AvgIpc) is 2.95. The van der Waals surface area contributed by atoms with Gasteiger partial charge >= 0.3 is 5.97 Å². The second kappa shape index (κ2) is 6.40. The van der Waals surface area contributed by atoms with Crippen LogP contribution in [0.25, 0.3) is 0 Å². The van der Waals surface area contributed by atoms with E-state index in [9.17, 15) is 4.79 Å². The zero-order chi connectivity index (χ0) is 14.6. The maximum absolute atomic E-state index is 11.7. The summed E-state index contributed by atoms with van der Waals surface area (Å²) < 4.78 is 5.88. The van der Waals surface area contributed by atoms with Gasteiger partial charge in [-0.1, -0.05) is 44.2 Å². The summed E-state index contributed by atoms with van der Waals surface area (Å²) in [6, 6.07) is 10.2. The quantitative estimate of drug-likeness (QED) is 0.773. The molecule has 1 aliphatic heterocycles. The van der Waals surface area contributed by atoms with Gasteiger partial charge in [0.05, 0.1) is 0 Å². The molecular formula is C17H25NO2. The molecule has 110 valence electrons. The number of benzene rings is 1. The molecule has 1 saturated heterocycles. The van der Waals surface area contributed by atoms with Crippen LogP contribution in [0.5, 0.6) is 0 Å². The number of hydrogen-bond acceptors (Lipinski definition) is 3. The summed E-state index contributed by atoms with van der Waals surface area (Å²) in [4.78, 5) is 14.1. The van der Waals surface area contributed by atoms with Gasteiger partial charge in [0, 0.05) is 19.4 Å². The van der Waals surface area contributed by atoms with Crippen molar-refractivity contribution in [1.82, 2.24) is 4.90 Å². The lowest BCUT2D eigenvalue weighted by molar-refractivity contribution is -0.166. The molecule has 1 aromatic rings. The lowest BCUT2D eigenvalue weighted by Crippen LogP contribution is -2.40. The monoisotopic (exact) mass is 275 g/mol. The molecule has 1 fully saturated rings. The van der Waals surface area contributed by atoms with Crippen LogP contribution in [0.15, 0.2) is 30.3 Å². The molecule has 1 aliphatic rings. The Morgan fingerprint density at radius 1 is 1.35 bits per heavy atom. The lowest BCUT2D eigenvalue weighted by atomic mass is 9.78. The minimum Gasteiger partial charge on any atom is -0.454 e. The highest BCUT2D eigenvalue weighted by Gasteiger charge is 2.44. The summed E-state index contributed by atoms with van der Waals surface area (Å²) in [5, 5.41) is 0. The molecule has 0 amide bonds. The van der Waals surface area contributed by atoms with Crippen molar-refractivity contribution < 1.29 is 9.53 Å². The maximum atomic E-state index is 11.7. The highest BCUT2D eigenvalue weighted by Crippen LogP contribution is 2.42. The van der Waals surface area contributed by atoms with Crippen LogP contribution in [-0.2, 0) is 15.1 Å². The number of carbonyl (C=O) groups is 1. The minimum absolute atomic E-state index is 0.189. The molecule has 3 heteroatoms. The van der Waals surface area contributed by atoms with Crippen molar-refractivity contribution in [2.45, 2.75) is 39.2 Å². The first kappa shape index (κ1) is 15.0. The number of carbonyl (C=O) groups excluding carboxylic acids is 1. The predicted octanol–water partition coefficient (Wildman–Crippen LogP) is 3.20. The van der Waals surface area contributed by atoms with E-state index in [1.807, 2.05) is 18.2 Å². The topological polar surface area (TPSA) is 29.5 Å². The van der Waals surface area contributed by atoms with Crippen molar-refractivity contribution in [2.75, 3.05) is 19.6 Å². The normalized spacial score (nSPS) is 22.4. The third-order valence-corrected chi connectivity index (χ3v) is 4.49. The van der Waals surface area contributed by atoms with Crippen LogP contribution in [0.1, 0.15) is 39.2 Å². The molecule has 0 aliphatic carbocycles. The summed E-state index contributed by atoms with van der Waals surface area (Å²) in [5.41, 5.74) is 0.650. The molecule has 3 nitrogen and oxygen atoms in total. The SMILES string of the molecule is CCN1CC[C@H]([C@@](CC)(OC(C)=O)c2ccccc2)C1. The van der Waals surface area contributed by atoms with Gasteiger partial charge in [-0.15, -0.1) is 0 Å². The molecule has 0 N–H and O–H groups in total. The molecule has 1 heterocycles. The van der Waals surface area contributed by atoms with E-state index in [-0.39, 0.29) is 5.97 Å². The van der Waals surface area contributed by atoms with Crippen LogP contribution in [0.3, 0.4) is 0 Å². The molecule has 0 radical (unpaired) electrons. The fraction of sp³-hybridized carbons (Fsp3) is 0.588. The van der Waals surface area contributed by atoms with Crippen molar-refractivity contribution in [2.24, 2.45) is 5.92 Å². The van der Waals surface area contributed by atoms with Crippen molar-refractivity contribution in [3.8, 4) is 0 Å². The van der Waals surface area contributed by atoms with E-state index < -0.39 is 5.60 Å². The third kappa shape index (κ3) is 2.88. The van der Waals surface area contributed by atoms with Gasteiger partial charge < -0.3 is 9.64 Å². The summed E-state index contributed by atoms with van der Waals surface area (Å²) >= 11 is 0. The molecule has 2 rings (SSSR count). The Balaban J connectivity index is 2.35. The summed E-state index contributed by atoms with van der Waals surface area (Å²) in [6.45, 7) is 8.98. The summed E-state index contributed by atoms with van der Waals surface area (Å²) in [5.74, 6) is 0.185. The zero-order valence-electron chi connectivity index (χ0n) is 12.8. The van der Waals surface area contributed by atoms with Gasteiger partial charge in [0.15, 0.2) is 0 Å². The van der Waals surface area contributed by atoms with Gasteiger partial charge in [0.25, 0.3) is 0 Å². The van der Waals surface area contributed by atoms with E-state index in [0.717, 1.165) is 38.0 Å². The van der Waals surface area contributed by atoms with Gasteiger partial charge in [-0.3, -0.25) is 4.79 Å². The van der Waals surface area contributed by atoms with E-state index in [2.05, 4.69) is 30.9 Å². The van der Waals surface area contributed by atoms with Crippen LogP contribution in [0, 0.1) is 5.92 Å². The average molecular weight is 275 g/mol. The van der Waals surface area contributed by atoms with Crippen LogP contribution < -0.4 is 0 Å². The first-order chi connectivity index (χ1) is 9.62. The van der Waals surface area contributed by atoms with E-state index in [1.165, 1.54) is 6.92 Å². The first-order valence-corrected chi connectivity index (χ1v) is 7.59. The van der Waals surface area contributed by atoms with Gasteiger partial charge in [0.2, 0.25) is 0 Å². The molecule has 2 atom stereocenters. The van der Waals surface area contributed by atoms with Crippen molar-refractivity contribution in [3.05, 3.63) is 35.9 Å². The number of nitrogens with zero attached hydrogens (tertiary/aromatic N) is 1. The van der Waals surface area contributed by atoms with Gasteiger partial charge in [-0.2, -0.15) is 0 Å². The van der Waals surface area contributed by atoms with E-state index >= 15 is 0 Å². The molecular weight excluding hydrogens is 250 g/mol. The summed E-state index contributed by atoms with van der Waals surface area (Å²) in [6.07, 6.45) is 1.91. The Bertz CT molecular complexity index is 446. The standard InChI is InChI=1S/C17H25NO2/c1-4-17(20-14(3)19,15-9-7-6-8-10-15)16-11-12-18(5-2)13-16/h6-10,16H,4-5,11-13H2,1-3H3/t16-,17-/m0/s1. The fourth-order valence-electron chi connectivity index (χ4n) is 3.42. The predicted molar refractivity (Wildman–Crippen MR) is 80.4 cm³/mol. The molecule has 0 bridgehead atoms. The Morgan fingerprint density at radius 2 is 2.05 bits per heavy atom. The number of esters is 1. The Hall–Kier alpha value is -1.35. The minimum atomic E-state index is -0.475. The van der Waals surface area contributed by atoms with Crippen molar-refractivity contribution in [1.29, 1.82) is 0 Å². The molecule has 1 aromatic carbocycles. The van der Waals surface area contributed by atoms with E-state index in [0.29, 0.717) is 5.92 Å². The number of rotatable bonds is 5. The van der Waals surface area contributed by atoms with Crippen molar-refractivity contribution >= 4 is 5.97 Å². The van der Waals surface area contributed by atoms with Gasteiger partial charge in [0.1, 0.15) is 5.60 Å². The lowest BCUT2D eigenvalue weighted by Gasteiger charge is -2.38. The van der Waals surface area contributed by atoms with E-state index in [4.69, 9.17) is 4.74 Å². The number of hydrogen-bond donors (Lipinski definition) is 0. The largest absolute Gasteiger partial charge is 0.454 e. The molecule has 20 heavy (non-hydrogen) atoms. The number of ether oxygens (including phenoxy) is 1. The van der Waals surface area contributed by atoms with Gasteiger partial charge in [-0.05, 0) is 31.5 Å². The van der Waals surface area contributed by atoms with Crippen LogP contribution in [0.4, 0.5) is 0 Å². The third-order valence-electron chi connectivity index (χ3n) is 4.49. The van der Waals surface area contributed by atoms with Crippen LogP contribution in [0.2, 0.25) is 0 Å². The number of likely N-dealkylation sites (tertiary alicyclic amines) is 1. The molecule has 0 spiro atoms. The Kier molecular flexibility index (Phi) is 4.81. The molecule has 0 aromatic heterocycles. The Morgan fingerprint density at radius 3 is 2.55 bits per heavy atom. The second-order valence-corrected chi connectivity index (χ2v) is 5.58. The van der Waals surface area contributed by atoms with E-state index in [1.54, 1.807) is 0 Å². The van der Waals surface area contributed by atoms with Gasteiger partial charge in [-0.25, -0.2) is 0 Å². The fourth-order valence-corrected chi connectivity index (χ4v) is 3.42. The van der Waals surface area contributed by atoms with Crippen LogP contribution >= 0.6 is 0 Å². The maximum Gasteiger partial charge on any atom is 0.303 e. The molecule has 0 saturated carbocycles. The molecule has 0 unspecified atom stereocenters. The summed E-state index contributed by atoms with van der Waals surface area (Å²) in [7, 11) is 0. The van der Waals surface area contributed by atoms with Crippen molar-refractivity contribution in [3.63, 3.8) is 0 Å². The highest BCUT2D eigenvalue weighted by molar-refractivity contribution is 5.67. The zero-order valence-corrected chi connectivity index (χ0v) is 12.8. The van der Waals surface area contributed by atoms with Crippen LogP contribution in [-0.4, -0.2) is 30.5 Å². The first-order valence-electron chi connectivity index (χ1n) is 7.59. The Labute approximate surface area is 121 Å².